The lowest BCUT2D eigenvalue weighted by Crippen LogP contribution is -2.41. The number of hydrogen-bond donors (Lipinski definition) is 2. The number of rotatable bonds is 2. The van der Waals surface area contributed by atoms with Gasteiger partial charge in [0, 0.05) is 5.56 Å². The van der Waals surface area contributed by atoms with E-state index in [0.717, 1.165) is 5.56 Å². The van der Waals surface area contributed by atoms with Crippen molar-refractivity contribution in [1.29, 1.82) is 0 Å². The molecule has 0 bridgehead atoms. The number of benzene rings is 2. The summed E-state index contributed by atoms with van der Waals surface area (Å²) in [6.45, 7) is 1.90. The number of carbonyl (C=O) groups is 2. The van der Waals surface area contributed by atoms with Crippen LogP contribution in [-0.4, -0.2) is 11.8 Å². The monoisotopic (exact) mass is 272 g/mol. The molecule has 20 heavy (non-hydrogen) atoms. The van der Waals surface area contributed by atoms with Gasteiger partial charge in [-0.2, -0.15) is 0 Å². The van der Waals surface area contributed by atoms with E-state index in [1.165, 1.54) is 18.2 Å². The highest BCUT2D eigenvalue weighted by molar-refractivity contribution is 5.99. The van der Waals surface area contributed by atoms with Crippen LogP contribution in [0.3, 0.4) is 0 Å². The molecule has 102 valence electrons. The van der Waals surface area contributed by atoms with E-state index in [0.29, 0.717) is 5.56 Å². The lowest BCUT2D eigenvalue weighted by Gasteiger charge is -2.08. The maximum atomic E-state index is 13.4. The average molecular weight is 272 g/mol. The van der Waals surface area contributed by atoms with E-state index in [-0.39, 0.29) is 5.56 Å². The number of halogens is 1. The molecule has 2 aromatic carbocycles. The van der Waals surface area contributed by atoms with Gasteiger partial charge >= 0.3 is 0 Å². The summed E-state index contributed by atoms with van der Waals surface area (Å²) >= 11 is 0. The van der Waals surface area contributed by atoms with E-state index in [4.69, 9.17) is 0 Å². The zero-order valence-electron chi connectivity index (χ0n) is 10.8. The van der Waals surface area contributed by atoms with Gasteiger partial charge < -0.3 is 0 Å². The zero-order valence-corrected chi connectivity index (χ0v) is 10.8. The number of carbonyl (C=O) groups excluding carboxylic acids is 2. The van der Waals surface area contributed by atoms with E-state index < -0.39 is 17.6 Å². The number of hydrogen-bond acceptors (Lipinski definition) is 2. The zero-order chi connectivity index (χ0) is 14.5. The fourth-order valence-electron chi connectivity index (χ4n) is 1.60. The summed E-state index contributed by atoms with van der Waals surface area (Å²) in [5, 5.41) is 0. The number of amides is 2. The van der Waals surface area contributed by atoms with Crippen LogP contribution in [0.25, 0.3) is 0 Å². The summed E-state index contributed by atoms with van der Waals surface area (Å²) in [6, 6.07) is 12.4. The molecule has 0 aliphatic carbocycles. The average Bonchev–Trinajstić information content (AvgIpc) is 2.45. The van der Waals surface area contributed by atoms with Crippen molar-refractivity contribution in [2.75, 3.05) is 0 Å². The van der Waals surface area contributed by atoms with Gasteiger partial charge in [0.1, 0.15) is 5.82 Å². The molecule has 0 heterocycles. The third-order valence-electron chi connectivity index (χ3n) is 2.72. The molecule has 2 rings (SSSR count). The first-order chi connectivity index (χ1) is 9.58. The van der Waals surface area contributed by atoms with Crippen molar-refractivity contribution >= 4 is 11.8 Å². The summed E-state index contributed by atoms with van der Waals surface area (Å²) in [4.78, 5) is 23.4. The van der Waals surface area contributed by atoms with Crippen molar-refractivity contribution in [2.24, 2.45) is 0 Å². The third-order valence-corrected chi connectivity index (χ3v) is 2.72. The maximum Gasteiger partial charge on any atom is 0.272 e. The Bertz CT molecular complexity index is 639. The first kappa shape index (κ1) is 13.7. The summed E-state index contributed by atoms with van der Waals surface area (Å²) in [5.41, 5.74) is 5.72. The van der Waals surface area contributed by atoms with Crippen LogP contribution in [0.5, 0.6) is 0 Å². The minimum atomic E-state index is -0.705. The second-order valence-corrected chi connectivity index (χ2v) is 4.25. The van der Waals surface area contributed by atoms with Crippen LogP contribution in [0.1, 0.15) is 26.3 Å². The number of aryl methyl sites for hydroxylation is 1. The van der Waals surface area contributed by atoms with E-state index in [1.54, 1.807) is 30.3 Å². The molecule has 0 spiro atoms. The standard InChI is InChI=1S/C15H13FN2O2/c1-10-6-8-11(9-7-10)14(19)17-18-15(20)12-4-2-3-5-13(12)16/h2-9H,1H3,(H,17,19)(H,18,20). The maximum absolute atomic E-state index is 13.4. The minimum absolute atomic E-state index is 0.128. The molecule has 0 fully saturated rings. The minimum Gasteiger partial charge on any atom is -0.267 e. The Morgan fingerprint density at radius 1 is 0.900 bits per heavy atom. The van der Waals surface area contributed by atoms with Crippen LogP contribution in [0.2, 0.25) is 0 Å². The summed E-state index contributed by atoms with van der Waals surface area (Å²) in [7, 11) is 0. The van der Waals surface area contributed by atoms with Crippen LogP contribution in [0.4, 0.5) is 4.39 Å². The fourth-order valence-corrected chi connectivity index (χ4v) is 1.60. The molecule has 4 nitrogen and oxygen atoms in total. The van der Waals surface area contributed by atoms with Gasteiger partial charge in [0.2, 0.25) is 0 Å². The second kappa shape index (κ2) is 5.97. The second-order valence-electron chi connectivity index (χ2n) is 4.25. The van der Waals surface area contributed by atoms with E-state index >= 15 is 0 Å². The van der Waals surface area contributed by atoms with Crippen molar-refractivity contribution in [3.05, 3.63) is 71.0 Å². The molecule has 2 amide bonds. The molecule has 0 unspecified atom stereocenters. The predicted molar refractivity (Wildman–Crippen MR) is 72.5 cm³/mol. The Labute approximate surface area is 115 Å². The van der Waals surface area contributed by atoms with Gasteiger partial charge in [0.25, 0.3) is 11.8 Å². The van der Waals surface area contributed by atoms with E-state index in [2.05, 4.69) is 10.9 Å². The van der Waals surface area contributed by atoms with Crippen molar-refractivity contribution in [3.63, 3.8) is 0 Å². The van der Waals surface area contributed by atoms with Crippen molar-refractivity contribution in [3.8, 4) is 0 Å². The van der Waals surface area contributed by atoms with E-state index in [9.17, 15) is 14.0 Å². The van der Waals surface area contributed by atoms with Crippen molar-refractivity contribution in [2.45, 2.75) is 6.92 Å². The molecule has 0 atom stereocenters. The number of nitrogens with one attached hydrogen (secondary N) is 2. The highest BCUT2D eigenvalue weighted by atomic mass is 19.1. The summed E-state index contributed by atoms with van der Waals surface area (Å²) in [6.07, 6.45) is 0. The largest absolute Gasteiger partial charge is 0.272 e. The molecular weight excluding hydrogens is 259 g/mol. The van der Waals surface area contributed by atoms with Crippen molar-refractivity contribution < 1.29 is 14.0 Å². The Kier molecular flexibility index (Phi) is 4.10. The number of hydrazine groups is 1. The predicted octanol–water partition coefficient (Wildman–Crippen LogP) is 2.21. The van der Waals surface area contributed by atoms with Crippen LogP contribution in [0.15, 0.2) is 48.5 Å². The van der Waals surface area contributed by atoms with Crippen molar-refractivity contribution in [1.82, 2.24) is 10.9 Å². The molecule has 2 N–H and O–H groups in total. The smallest absolute Gasteiger partial charge is 0.267 e. The van der Waals surface area contributed by atoms with Gasteiger partial charge in [-0.1, -0.05) is 29.8 Å². The van der Waals surface area contributed by atoms with Gasteiger partial charge in [0.05, 0.1) is 5.56 Å². The van der Waals surface area contributed by atoms with Crippen LogP contribution in [-0.2, 0) is 0 Å². The Hall–Kier alpha value is -2.69. The van der Waals surface area contributed by atoms with Gasteiger partial charge in [-0.15, -0.1) is 0 Å². The van der Waals surface area contributed by atoms with Gasteiger partial charge in [-0.3, -0.25) is 20.4 Å². The normalized spacial score (nSPS) is 9.90. The molecule has 0 saturated heterocycles. The van der Waals surface area contributed by atoms with Crippen LogP contribution < -0.4 is 10.9 Å². The third kappa shape index (κ3) is 3.20. The molecular formula is C15H13FN2O2. The molecule has 0 aliphatic rings. The molecule has 0 aliphatic heterocycles. The van der Waals surface area contributed by atoms with Gasteiger partial charge in [-0.25, -0.2) is 4.39 Å². The van der Waals surface area contributed by atoms with Gasteiger partial charge in [0.15, 0.2) is 0 Å². The lowest BCUT2D eigenvalue weighted by molar-refractivity contribution is 0.0844. The van der Waals surface area contributed by atoms with Crippen LogP contribution in [0, 0.1) is 12.7 Å². The molecule has 0 aromatic heterocycles. The Balaban J connectivity index is 1.99. The first-order valence-corrected chi connectivity index (χ1v) is 6.00. The molecule has 5 heteroatoms. The Morgan fingerprint density at radius 2 is 1.50 bits per heavy atom. The first-order valence-electron chi connectivity index (χ1n) is 6.00. The van der Waals surface area contributed by atoms with Crippen LogP contribution >= 0.6 is 0 Å². The SMILES string of the molecule is Cc1ccc(C(=O)NNC(=O)c2ccccc2F)cc1. The fraction of sp³-hybridized carbons (Fsp3) is 0.0667. The highest BCUT2D eigenvalue weighted by Gasteiger charge is 2.12. The molecule has 0 radical (unpaired) electrons. The van der Waals surface area contributed by atoms with Gasteiger partial charge in [-0.05, 0) is 31.2 Å². The lowest BCUT2D eigenvalue weighted by atomic mass is 10.1. The highest BCUT2D eigenvalue weighted by Crippen LogP contribution is 2.06. The molecule has 0 saturated carbocycles. The summed E-state index contributed by atoms with van der Waals surface area (Å²) < 4.78 is 13.4. The quantitative estimate of drug-likeness (QED) is 0.823. The Morgan fingerprint density at radius 3 is 2.15 bits per heavy atom. The molecule has 2 aromatic rings. The topological polar surface area (TPSA) is 58.2 Å². The summed E-state index contributed by atoms with van der Waals surface area (Å²) in [5.74, 6) is -1.81. The van der Waals surface area contributed by atoms with E-state index in [1.807, 2.05) is 6.92 Å².